The highest BCUT2D eigenvalue weighted by Gasteiger charge is 2.42. The summed E-state index contributed by atoms with van der Waals surface area (Å²) in [5.74, 6) is 0.0214. The van der Waals surface area contributed by atoms with Crippen LogP contribution >= 0.6 is 0 Å². The Balaban J connectivity index is 1.77. The molecule has 11 heteroatoms. The zero-order chi connectivity index (χ0) is 24.7. The summed E-state index contributed by atoms with van der Waals surface area (Å²) in [5.41, 5.74) is 0.799. The second kappa shape index (κ2) is 8.80. The van der Waals surface area contributed by atoms with Gasteiger partial charge >= 0.3 is 0 Å². The van der Waals surface area contributed by atoms with Crippen LogP contribution in [0.4, 0.5) is 20.3 Å². The third kappa shape index (κ3) is 4.80. The van der Waals surface area contributed by atoms with Crippen molar-refractivity contribution in [3.63, 3.8) is 0 Å². The Morgan fingerprint density at radius 3 is 2.24 bits per heavy atom. The third-order valence-electron chi connectivity index (χ3n) is 5.62. The minimum atomic E-state index is -3.65. The van der Waals surface area contributed by atoms with Crippen LogP contribution in [0.1, 0.15) is 19.7 Å². The Hall–Kier alpha value is -3.31. The number of hydrogen-bond acceptors (Lipinski definition) is 6. The van der Waals surface area contributed by atoms with Gasteiger partial charge in [-0.1, -0.05) is 0 Å². The number of aromatic nitrogens is 2. The third-order valence-corrected chi connectivity index (χ3v) is 6.22. The summed E-state index contributed by atoms with van der Waals surface area (Å²) in [6, 6.07) is 11.6. The van der Waals surface area contributed by atoms with Crippen molar-refractivity contribution in [1.29, 1.82) is 0 Å². The number of halogens is 2. The van der Waals surface area contributed by atoms with E-state index in [4.69, 9.17) is 9.17 Å². The zero-order valence-corrected chi connectivity index (χ0v) is 19.7. The first-order valence-electron chi connectivity index (χ1n) is 10.5. The second-order valence-corrected chi connectivity index (χ2v) is 10.1. The van der Waals surface area contributed by atoms with Crippen molar-refractivity contribution in [2.75, 3.05) is 24.7 Å². The quantitative estimate of drug-likeness (QED) is 0.509. The first-order valence-corrected chi connectivity index (χ1v) is 12.3. The number of hydrogen-bond donors (Lipinski definition) is 1. The van der Waals surface area contributed by atoms with E-state index < -0.39 is 21.5 Å². The number of fused-ring (bicyclic) bond motifs is 1. The SMILES string of the molecule is CC1(C)c2nc(-c3ccc(F)cc3)c(Nc3ccc(F)cc3)n2CC(=O)N1CCOS(C)(=O)=O. The smallest absolute Gasteiger partial charge is 0.264 e. The molecule has 0 bridgehead atoms. The van der Waals surface area contributed by atoms with Crippen LogP contribution < -0.4 is 5.32 Å². The number of carbonyl (C=O) groups is 1. The van der Waals surface area contributed by atoms with Crippen molar-refractivity contribution in [2.24, 2.45) is 0 Å². The van der Waals surface area contributed by atoms with Crippen LogP contribution in [-0.2, 0) is 31.2 Å². The molecule has 8 nitrogen and oxygen atoms in total. The van der Waals surface area contributed by atoms with Crippen molar-refractivity contribution in [1.82, 2.24) is 14.5 Å². The molecule has 2 aromatic carbocycles. The number of anilines is 2. The van der Waals surface area contributed by atoms with Crippen molar-refractivity contribution in [3.8, 4) is 11.3 Å². The number of nitrogens with zero attached hydrogens (tertiary/aromatic N) is 3. The van der Waals surface area contributed by atoms with E-state index in [-0.39, 0.29) is 31.4 Å². The number of rotatable bonds is 7. The fraction of sp³-hybridized carbons (Fsp3) is 0.304. The summed E-state index contributed by atoms with van der Waals surface area (Å²) in [6.45, 7) is 3.42. The molecule has 180 valence electrons. The molecule has 2 heterocycles. The van der Waals surface area contributed by atoms with Gasteiger partial charge in [-0.05, 0) is 62.4 Å². The number of nitrogens with one attached hydrogen (secondary N) is 1. The lowest BCUT2D eigenvalue weighted by Crippen LogP contribution is -2.53. The minimum Gasteiger partial charge on any atom is -0.340 e. The van der Waals surface area contributed by atoms with Crippen LogP contribution in [0.2, 0.25) is 0 Å². The molecule has 1 amide bonds. The number of benzene rings is 2. The van der Waals surface area contributed by atoms with E-state index >= 15 is 0 Å². The van der Waals surface area contributed by atoms with Gasteiger partial charge in [0.15, 0.2) is 0 Å². The molecule has 1 aliphatic heterocycles. The lowest BCUT2D eigenvalue weighted by atomic mass is 9.99. The highest BCUT2D eigenvalue weighted by Crippen LogP contribution is 2.39. The van der Waals surface area contributed by atoms with Gasteiger partial charge in [-0.3, -0.25) is 8.98 Å². The maximum Gasteiger partial charge on any atom is 0.264 e. The number of amides is 1. The molecule has 0 saturated heterocycles. The van der Waals surface area contributed by atoms with Gasteiger partial charge in [0.05, 0.1) is 18.4 Å². The molecule has 1 N–H and O–H groups in total. The first kappa shape index (κ1) is 23.8. The normalized spacial score (nSPS) is 15.3. The van der Waals surface area contributed by atoms with Crippen LogP contribution in [0.5, 0.6) is 0 Å². The van der Waals surface area contributed by atoms with E-state index in [0.717, 1.165) is 6.26 Å². The van der Waals surface area contributed by atoms with E-state index in [1.54, 1.807) is 42.7 Å². The second-order valence-electron chi connectivity index (χ2n) is 8.49. The fourth-order valence-electron chi connectivity index (χ4n) is 4.02. The summed E-state index contributed by atoms with van der Waals surface area (Å²) in [5, 5.41) is 3.22. The maximum absolute atomic E-state index is 13.6. The van der Waals surface area contributed by atoms with Gasteiger partial charge in [0.2, 0.25) is 5.91 Å². The van der Waals surface area contributed by atoms with Crippen LogP contribution in [0.3, 0.4) is 0 Å². The zero-order valence-electron chi connectivity index (χ0n) is 18.9. The molecule has 0 aliphatic carbocycles. The van der Waals surface area contributed by atoms with Gasteiger partial charge in [-0.15, -0.1) is 0 Å². The average molecular weight is 491 g/mol. The standard InChI is InChI=1S/C23H24F2N4O4S/c1-23(2)22-27-20(15-4-6-16(24)7-5-15)21(26-18-10-8-17(25)9-11-18)28(22)14-19(30)29(23)12-13-33-34(3,31)32/h4-11,26H,12-14H2,1-3H3. The van der Waals surface area contributed by atoms with E-state index in [2.05, 4.69) is 5.32 Å². The molecule has 0 saturated carbocycles. The van der Waals surface area contributed by atoms with Gasteiger partial charge in [0, 0.05) is 17.8 Å². The largest absolute Gasteiger partial charge is 0.340 e. The first-order chi connectivity index (χ1) is 16.0. The molecule has 0 unspecified atom stereocenters. The summed E-state index contributed by atoms with van der Waals surface area (Å²) in [6.07, 6.45) is 0.950. The predicted molar refractivity (Wildman–Crippen MR) is 123 cm³/mol. The Bertz CT molecular complexity index is 1320. The Kier molecular flexibility index (Phi) is 6.17. The van der Waals surface area contributed by atoms with E-state index in [1.165, 1.54) is 29.2 Å². The lowest BCUT2D eigenvalue weighted by molar-refractivity contribution is -0.141. The summed E-state index contributed by atoms with van der Waals surface area (Å²) < 4.78 is 56.2. The molecule has 0 fully saturated rings. The van der Waals surface area contributed by atoms with Crippen LogP contribution in [0.25, 0.3) is 11.3 Å². The van der Waals surface area contributed by atoms with Gasteiger partial charge in [-0.2, -0.15) is 8.42 Å². The molecular formula is C23H24F2N4O4S. The van der Waals surface area contributed by atoms with Gasteiger partial charge in [0.1, 0.15) is 35.5 Å². The van der Waals surface area contributed by atoms with Crippen LogP contribution in [-0.4, -0.2) is 48.2 Å². The highest BCUT2D eigenvalue weighted by molar-refractivity contribution is 7.85. The van der Waals surface area contributed by atoms with Crippen molar-refractivity contribution < 1.29 is 26.2 Å². The fourth-order valence-corrected chi connectivity index (χ4v) is 4.39. The summed E-state index contributed by atoms with van der Waals surface area (Å²) in [7, 11) is -3.65. The maximum atomic E-state index is 13.6. The molecule has 0 spiro atoms. The number of carbonyl (C=O) groups excluding carboxylic acids is 1. The van der Waals surface area contributed by atoms with E-state index in [1.807, 2.05) is 0 Å². The Morgan fingerprint density at radius 2 is 1.65 bits per heavy atom. The van der Waals surface area contributed by atoms with Crippen molar-refractivity contribution >= 4 is 27.5 Å². The minimum absolute atomic E-state index is 0.0539. The van der Waals surface area contributed by atoms with Gasteiger partial charge < -0.3 is 14.8 Å². The predicted octanol–water partition coefficient (Wildman–Crippen LogP) is 3.63. The molecule has 1 aromatic heterocycles. The molecule has 1 aliphatic rings. The molecule has 0 radical (unpaired) electrons. The summed E-state index contributed by atoms with van der Waals surface area (Å²) in [4.78, 5) is 19.4. The van der Waals surface area contributed by atoms with Crippen LogP contribution in [0, 0.1) is 11.6 Å². The van der Waals surface area contributed by atoms with E-state index in [9.17, 15) is 22.0 Å². The monoisotopic (exact) mass is 490 g/mol. The van der Waals surface area contributed by atoms with Crippen molar-refractivity contribution in [2.45, 2.75) is 25.9 Å². The van der Waals surface area contributed by atoms with E-state index in [0.29, 0.717) is 28.6 Å². The molecule has 3 aromatic rings. The van der Waals surface area contributed by atoms with Crippen molar-refractivity contribution in [3.05, 3.63) is 66.0 Å². The molecule has 34 heavy (non-hydrogen) atoms. The van der Waals surface area contributed by atoms with Crippen LogP contribution in [0.15, 0.2) is 48.5 Å². The van der Waals surface area contributed by atoms with Gasteiger partial charge in [0.25, 0.3) is 10.1 Å². The molecular weight excluding hydrogens is 466 g/mol. The summed E-state index contributed by atoms with van der Waals surface area (Å²) >= 11 is 0. The highest BCUT2D eigenvalue weighted by atomic mass is 32.2. The Morgan fingerprint density at radius 1 is 1.06 bits per heavy atom. The Labute approximate surface area is 196 Å². The average Bonchev–Trinajstić information content (AvgIpc) is 3.11. The molecule has 0 atom stereocenters. The molecule has 4 rings (SSSR count). The number of imidazole rings is 1. The lowest BCUT2D eigenvalue weighted by Gasteiger charge is -2.42. The van der Waals surface area contributed by atoms with Gasteiger partial charge in [-0.25, -0.2) is 13.8 Å². The topological polar surface area (TPSA) is 93.5 Å².